The molecule has 666 valence electrons. The Balaban J connectivity index is 0.000000214. The Morgan fingerprint density at radius 2 is 1.28 bits per heavy atom. The minimum Gasteiger partial charge on any atom is -0.545 e. The van der Waals surface area contributed by atoms with Crippen LogP contribution >= 0.6 is 23.2 Å². The number of anilines is 3. The molecule has 1 amide bonds. The Morgan fingerprint density at radius 3 is 1.81 bits per heavy atom. The maximum atomic E-state index is 13.7. The van der Waals surface area contributed by atoms with Crippen LogP contribution in [0.4, 0.5) is 17.1 Å². The first-order chi connectivity index (χ1) is 59.9. The van der Waals surface area contributed by atoms with Gasteiger partial charge in [-0.1, -0.05) is 126 Å². The van der Waals surface area contributed by atoms with Gasteiger partial charge in [0.15, 0.2) is 11.4 Å². The first kappa shape index (κ1) is 102. The Hall–Kier alpha value is -12.1. The molecule has 1 heterocycles. The Labute approximate surface area is 774 Å². The summed E-state index contributed by atoms with van der Waals surface area (Å²) in [5, 5.41) is 98.4. The number of aliphatic imine (C=N–C) groups is 1. The number of hydrogen-bond donors (Lipinski definition) is 15. The maximum absolute atomic E-state index is 13.7. The van der Waals surface area contributed by atoms with Crippen molar-refractivity contribution >= 4 is 98.5 Å². The van der Waals surface area contributed by atoms with E-state index in [4.69, 9.17) is 87.7 Å². The molecule has 9 aromatic carbocycles. The number of carbonyl (C=O) groups excluding carboxylic acids is 4. The minimum atomic E-state index is -2.63. The van der Waals surface area contributed by atoms with Gasteiger partial charge >= 0.3 is 29.6 Å². The van der Waals surface area contributed by atoms with E-state index >= 15 is 0 Å². The normalized spacial score (nSPS) is 15.9. The van der Waals surface area contributed by atoms with Gasteiger partial charge < -0.3 is 98.8 Å². The number of para-hydroxylation sites is 1. The van der Waals surface area contributed by atoms with E-state index in [9.17, 15) is 49.8 Å². The van der Waals surface area contributed by atoms with Crippen LogP contribution in [0.2, 0.25) is 10.0 Å². The zero-order chi connectivity index (χ0) is 92.2. The average Bonchev–Trinajstić information content (AvgIpc) is 0.722. The van der Waals surface area contributed by atoms with Gasteiger partial charge in [-0.25, -0.2) is 0 Å². The summed E-state index contributed by atoms with van der Waals surface area (Å²) in [5.74, 6) is -3.74. The number of likely N-dealkylation sites (N-methyl/N-ethyl adjacent to an activating group) is 1. The summed E-state index contributed by atoms with van der Waals surface area (Å²) in [4.78, 5) is 59.7. The molecule has 0 aromatic heterocycles. The van der Waals surface area contributed by atoms with Gasteiger partial charge in [-0.3, -0.25) is 40.5 Å². The SMILES string of the molecule is CN(C)c1ccc(O)c2c1C[C@H]1C[C@H]3C(N(C)C)C(=O)C(C(N)=O)=C(O)[C@@]3(O)C(=O)C1=C2O.Cc1ccc(Cl)c(Cc2ccccc2C(=O)[O-])c1Cl.Cc1ccc(N(CC2=NCCN2)c2cccc(O)c2)cc1.Cc1cccc(C)c1OCC(C)N.N=C(N)CC(=N)CCCc1ccccc1.N=C(N)c1ccc(OCCCCCOc2ccc(C(=N)N)cc2)cc1.[Na+]. The number of primary amides is 1. The number of aromatic carboxylic acids is 1. The molecule has 20 N–H and O–H groups in total. The van der Waals surface area contributed by atoms with Crippen LogP contribution < -0.4 is 92.7 Å². The van der Waals surface area contributed by atoms with Crippen molar-refractivity contribution in [3.63, 3.8) is 0 Å². The topological polar surface area (TPSA) is 480 Å². The largest absolute Gasteiger partial charge is 1.00 e. The number of hydrogen-bond acceptors (Lipinski definition) is 23. The number of unbranched alkanes of at least 4 members (excludes halogenated alkanes) is 2. The van der Waals surface area contributed by atoms with Gasteiger partial charge in [-0.15, -0.1) is 0 Å². The van der Waals surface area contributed by atoms with Crippen molar-refractivity contribution in [2.45, 2.75) is 117 Å². The third-order valence-electron chi connectivity index (χ3n) is 21.3. The molecule has 0 bridgehead atoms. The number of phenolic OH excluding ortho intramolecular Hbond substituents is 2. The van der Waals surface area contributed by atoms with E-state index in [2.05, 4.69) is 58.5 Å². The van der Waals surface area contributed by atoms with Crippen molar-refractivity contribution in [1.82, 2.24) is 10.2 Å². The second kappa shape index (κ2) is 48.6. The fraction of sp³-hybridized carbons (Fsp3) is 0.309. The van der Waals surface area contributed by atoms with Crippen LogP contribution in [0.25, 0.3) is 5.76 Å². The van der Waals surface area contributed by atoms with Gasteiger partial charge in [-0.05, 0) is 236 Å². The summed E-state index contributed by atoms with van der Waals surface area (Å²) in [6, 6.07) is 58.8. The second-order valence-electron chi connectivity index (χ2n) is 31.6. The molecule has 1 fully saturated rings. The standard InChI is InChI=1S/C23H27N3O7.C19H24N4O2.C17H19N3O.C15H12Cl2O2.C12H17N3.C11H17NO.Na/c1-25(2)12-5-6-13(27)15-10(12)7-9-8-11-17(26(3)4)19(29)16(22(24)32)21(31)23(11,33)20(30)14(9)18(15)28;20-18(21)14-4-8-16(9-5-14)24-12-2-1-3-13-25-17-10-6-15(7-11-17)19(22)23;1-13-5-7-14(8-6-13)20(12-17-18-9-10-19-17)15-3-2-4-16(21)11-15;1-9-6-7-13(16)12(14(9)17)8-10-4-2-3-5-11(10)15(18)19;13-11(9-12(14)15)8-4-7-10-5-2-1-3-6-10;1-8-5-4-6-9(2)11(8)13-7-10(3)12;/h5-6,9,11,17,27-28,31,33H,7-8H2,1-4H3,(H2,24,32);4-11H,1-3,12-13H2,(H3,20,21)(H3,22,23);2-8,11,21H,9-10,12H2,1H3,(H,18,19);2-7H,8H2,1H3,(H,18,19);1-3,5-6,13H,4,7-9H2,(H3,14,15);4-6,10H,7,12H2,1-3H3;/q;;;;;;+1/p-1/t9-,11-,17?,23-;;;;;;/m0....../s1. The van der Waals surface area contributed by atoms with Crippen LogP contribution in [-0.4, -0.2) is 168 Å². The van der Waals surface area contributed by atoms with Gasteiger partial charge in [0.1, 0.15) is 70.0 Å². The number of carbonyl (C=O) groups is 4. The number of ketones is 2. The number of aromatic hydroxyl groups is 2. The number of nitrogens with two attached hydrogens (primary N) is 5. The number of nitrogens with zero attached hydrogens (tertiary/aromatic N) is 4. The third-order valence-corrected chi connectivity index (χ3v) is 22.2. The summed E-state index contributed by atoms with van der Waals surface area (Å²) in [7, 11) is 6.75. The van der Waals surface area contributed by atoms with Crippen molar-refractivity contribution in [3.05, 3.63) is 288 Å². The molecule has 5 atom stereocenters. The number of benzene rings is 9. The fourth-order valence-electron chi connectivity index (χ4n) is 14.9. The predicted octanol–water partition coefficient (Wildman–Crippen LogP) is 10.4. The molecule has 1 aliphatic heterocycles. The number of halogens is 2. The van der Waals surface area contributed by atoms with Crippen molar-refractivity contribution in [2.24, 2.45) is 45.5 Å². The van der Waals surface area contributed by atoms with Crippen LogP contribution in [0.15, 0.2) is 216 Å². The van der Waals surface area contributed by atoms with E-state index in [1.807, 2.05) is 126 Å². The number of nitrogen functional groups attached to an aromatic ring is 2. The average molecular weight is 1780 g/mol. The first-order valence-corrected chi connectivity index (χ1v) is 42.0. The maximum Gasteiger partial charge on any atom is 1.00 e. The summed E-state index contributed by atoms with van der Waals surface area (Å²) in [6.07, 6.45) is 6.58. The number of phenols is 2. The molecule has 3 aliphatic carbocycles. The zero-order valence-corrected chi connectivity index (χ0v) is 77.0. The van der Waals surface area contributed by atoms with Gasteiger partial charge in [-0.2, -0.15) is 0 Å². The molecular weight excluding hydrogens is 1660 g/mol. The number of aliphatic hydroxyl groups is 3. The smallest absolute Gasteiger partial charge is 0.545 e. The van der Waals surface area contributed by atoms with Gasteiger partial charge in [0.2, 0.25) is 5.78 Å². The third kappa shape index (κ3) is 28.2. The summed E-state index contributed by atoms with van der Waals surface area (Å²) in [6.45, 7) is 14.3. The van der Waals surface area contributed by atoms with Crippen molar-refractivity contribution in [2.75, 3.05) is 77.4 Å². The number of carboxylic acid groups (broad SMARTS) is 1. The molecule has 9 aromatic rings. The number of rotatable bonds is 29. The van der Waals surface area contributed by atoms with E-state index < -0.39 is 64.0 Å². The molecule has 4 aliphatic rings. The summed E-state index contributed by atoms with van der Waals surface area (Å²) >= 11 is 12.4. The second-order valence-corrected chi connectivity index (χ2v) is 32.4. The fourth-order valence-corrected chi connectivity index (χ4v) is 15.4. The minimum absolute atomic E-state index is 0. The molecule has 30 heteroatoms. The number of ether oxygens (including phenoxy) is 3. The van der Waals surface area contributed by atoms with Crippen molar-refractivity contribution in [1.29, 1.82) is 21.6 Å². The van der Waals surface area contributed by atoms with Crippen LogP contribution in [0.3, 0.4) is 0 Å². The van der Waals surface area contributed by atoms with E-state index in [1.165, 1.54) is 39.3 Å². The van der Waals surface area contributed by atoms with E-state index in [-0.39, 0.29) is 94.1 Å². The van der Waals surface area contributed by atoms with E-state index in [1.54, 1.807) is 80.8 Å². The number of amidine groups is 4. The van der Waals surface area contributed by atoms with Crippen molar-refractivity contribution in [3.8, 4) is 28.7 Å². The summed E-state index contributed by atoms with van der Waals surface area (Å²) in [5.41, 5.74) is 36.1. The number of Topliss-reactive ketones (excluding diaryl/α,β-unsaturated/α-hetero) is 2. The summed E-state index contributed by atoms with van der Waals surface area (Å²) < 4.78 is 16.9. The van der Waals surface area contributed by atoms with Gasteiger partial charge in [0.25, 0.3) is 5.91 Å². The van der Waals surface area contributed by atoms with E-state index in [0.717, 1.165) is 103 Å². The number of aryl methyl sites for hydroxylation is 5. The van der Waals surface area contributed by atoms with Crippen LogP contribution in [0.5, 0.6) is 28.7 Å². The number of nitrogens with one attached hydrogen (secondary N) is 5. The molecular formula is C97H115Cl2N14NaO13. The molecule has 1 saturated carbocycles. The first-order valence-electron chi connectivity index (χ1n) is 41.2. The molecule has 27 nitrogen and oxygen atoms in total. The van der Waals surface area contributed by atoms with Crippen LogP contribution in [-0.2, 0) is 33.6 Å². The monoisotopic (exact) mass is 1780 g/mol. The molecule has 127 heavy (non-hydrogen) atoms. The molecule has 13 rings (SSSR count). The predicted molar refractivity (Wildman–Crippen MR) is 498 cm³/mol. The van der Waals surface area contributed by atoms with E-state index in [0.29, 0.717) is 77.2 Å². The van der Waals surface area contributed by atoms with Crippen LogP contribution in [0, 0.1) is 61.2 Å². The Kier molecular flexibility index (Phi) is 39.0. The van der Waals surface area contributed by atoms with Crippen molar-refractivity contribution < 1.29 is 93.6 Å². The molecule has 0 radical (unpaired) electrons. The number of carboxylic acids is 1. The molecule has 0 saturated heterocycles. The molecule has 0 spiro atoms. The van der Waals surface area contributed by atoms with Gasteiger partial charge in [0.05, 0.1) is 49.7 Å². The number of aliphatic hydroxyl groups excluding tert-OH is 2. The quantitative estimate of drug-likeness (QED) is 0.00681. The van der Waals surface area contributed by atoms with Crippen LogP contribution in [0.1, 0.15) is 123 Å². The number of fused-ring (bicyclic) bond motifs is 3. The van der Waals surface area contributed by atoms with Gasteiger partial charge in [0, 0.05) is 107 Å². The Morgan fingerprint density at radius 1 is 0.685 bits per heavy atom. The Bertz CT molecular complexity index is 5360. The molecule has 2 unspecified atom stereocenters. The zero-order valence-electron chi connectivity index (χ0n) is 73.5. The number of amides is 1.